The van der Waals surface area contributed by atoms with E-state index < -0.39 is 17.5 Å². The molecule has 0 aliphatic carbocycles. The normalized spacial score (nSPS) is 10.7. The Morgan fingerprint density at radius 2 is 1.87 bits per heavy atom. The molecule has 0 aliphatic rings. The zero-order valence-corrected chi connectivity index (χ0v) is 9.75. The van der Waals surface area contributed by atoms with Crippen LogP contribution in [0, 0.1) is 0 Å². The fourth-order valence-corrected chi connectivity index (χ4v) is 0.914. The molecule has 0 rings (SSSR count). The second-order valence-corrected chi connectivity index (χ2v) is 3.84. The van der Waals surface area contributed by atoms with Crippen molar-refractivity contribution in [2.75, 3.05) is 6.61 Å². The van der Waals surface area contributed by atoms with Gasteiger partial charge in [-0.15, -0.1) is 0 Å². The van der Waals surface area contributed by atoms with Crippen LogP contribution in [0.4, 0.5) is 0 Å². The van der Waals surface area contributed by atoms with Crippen LogP contribution in [0.2, 0.25) is 0 Å². The number of carbonyl (C=O) groups excluding carboxylic acids is 2. The van der Waals surface area contributed by atoms with Gasteiger partial charge in [0.1, 0.15) is 0 Å². The van der Waals surface area contributed by atoms with Crippen molar-refractivity contribution < 1.29 is 19.1 Å². The van der Waals surface area contributed by atoms with Gasteiger partial charge in [0, 0.05) is 0 Å². The summed E-state index contributed by atoms with van der Waals surface area (Å²) in [7, 11) is 0. The zero-order chi connectivity index (χ0) is 12.1. The molecule has 0 bridgehead atoms. The van der Waals surface area contributed by atoms with E-state index in [-0.39, 0.29) is 13.0 Å². The highest BCUT2D eigenvalue weighted by Gasteiger charge is 2.33. The topological polar surface area (TPSA) is 52.6 Å². The Labute approximate surface area is 90.2 Å². The van der Waals surface area contributed by atoms with Crippen molar-refractivity contribution in [3.63, 3.8) is 0 Å². The first-order chi connectivity index (χ1) is 6.79. The molecule has 0 saturated carbocycles. The Morgan fingerprint density at radius 1 is 1.33 bits per heavy atom. The Bertz CT molecular complexity index is 266. The SMILES string of the molecule is C=C(C)CC(=O)OC(C)(C)C(=O)OCC. The largest absolute Gasteiger partial charge is 0.463 e. The van der Waals surface area contributed by atoms with Crippen LogP contribution in [0.1, 0.15) is 34.1 Å². The second kappa shape index (κ2) is 5.53. The molecular weight excluding hydrogens is 196 g/mol. The Hall–Kier alpha value is -1.32. The Morgan fingerprint density at radius 3 is 2.27 bits per heavy atom. The third kappa shape index (κ3) is 5.20. The highest BCUT2D eigenvalue weighted by atomic mass is 16.6. The molecule has 0 fully saturated rings. The van der Waals surface area contributed by atoms with Crippen molar-refractivity contribution >= 4 is 11.9 Å². The van der Waals surface area contributed by atoms with E-state index in [1.54, 1.807) is 13.8 Å². The summed E-state index contributed by atoms with van der Waals surface area (Å²) in [5, 5.41) is 0. The molecule has 0 saturated heterocycles. The van der Waals surface area contributed by atoms with Crippen LogP contribution >= 0.6 is 0 Å². The molecule has 0 spiro atoms. The van der Waals surface area contributed by atoms with Gasteiger partial charge in [-0.1, -0.05) is 12.2 Å². The van der Waals surface area contributed by atoms with E-state index in [1.165, 1.54) is 13.8 Å². The first kappa shape index (κ1) is 13.7. The quantitative estimate of drug-likeness (QED) is 0.517. The van der Waals surface area contributed by atoms with Crippen molar-refractivity contribution in [2.24, 2.45) is 0 Å². The molecule has 4 nitrogen and oxygen atoms in total. The van der Waals surface area contributed by atoms with Crippen LogP contribution < -0.4 is 0 Å². The molecule has 0 atom stereocenters. The summed E-state index contributed by atoms with van der Waals surface area (Å²) in [4.78, 5) is 22.7. The summed E-state index contributed by atoms with van der Waals surface area (Å²) in [5.41, 5.74) is -0.539. The fourth-order valence-electron chi connectivity index (χ4n) is 0.914. The monoisotopic (exact) mass is 214 g/mol. The lowest BCUT2D eigenvalue weighted by Gasteiger charge is -2.22. The third-order valence-electron chi connectivity index (χ3n) is 1.58. The minimum atomic E-state index is -1.23. The molecule has 0 N–H and O–H groups in total. The summed E-state index contributed by atoms with van der Waals surface area (Å²) in [6, 6.07) is 0. The van der Waals surface area contributed by atoms with Gasteiger partial charge in [-0.3, -0.25) is 4.79 Å². The van der Waals surface area contributed by atoms with Gasteiger partial charge in [-0.25, -0.2) is 4.79 Å². The summed E-state index contributed by atoms with van der Waals surface area (Å²) >= 11 is 0. The molecule has 0 aliphatic heterocycles. The van der Waals surface area contributed by atoms with Crippen LogP contribution in [-0.2, 0) is 19.1 Å². The molecular formula is C11H18O4. The van der Waals surface area contributed by atoms with Gasteiger partial charge in [0.05, 0.1) is 13.0 Å². The maximum atomic E-state index is 11.4. The van der Waals surface area contributed by atoms with Crippen molar-refractivity contribution in [3.05, 3.63) is 12.2 Å². The Balaban J connectivity index is 4.30. The summed E-state index contributed by atoms with van der Waals surface area (Å²) in [6.07, 6.45) is 0.114. The number of esters is 2. The number of carbonyl (C=O) groups is 2. The Kier molecular flexibility index (Phi) is 5.05. The first-order valence-electron chi connectivity index (χ1n) is 4.83. The van der Waals surface area contributed by atoms with Gasteiger partial charge in [-0.05, 0) is 27.7 Å². The predicted octanol–water partition coefficient (Wildman–Crippen LogP) is 1.84. The lowest BCUT2D eigenvalue weighted by molar-refractivity contribution is -0.177. The molecule has 0 aromatic heterocycles. The molecule has 0 amide bonds. The van der Waals surface area contributed by atoms with Crippen molar-refractivity contribution in [2.45, 2.75) is 39.7 Å². The number of hydrogen-bond donors (Lipinski definition) is 0. The highest BCUT2D eigenvalue weighted by Crippen LogP contribution is 2.14. The highest BCUT2D eigenvalue weighted by molar-refractivity contribution is 5.83. The smallest absolute Gasteiger partial charge is 0.349 e. The van der Waals surface area contributed by atoms with Crippen molar-refractivity contribution in [1.82, 2.24) is 0 Å². The number of hydrogen-bond acceptors (Lipinski definition) is 4. The minimum absolute atomic E-state index is 0.114. The number of rotatable bonds is 5. The maximum absolute atomic E-state index is 11.4. The van der Waals surface area contributed by atoms with E-state index in [4.69, 9.17) is 9.47 Å². The van der Waals surface area contributed by atoms with Crippen LogP contribution in [0.5, 0.6) is 0 Å². The molecule has 0 aromatic carbocycles. The third-order valence-corrected chi connectivity index (χ3v) is 1.58. The molecule has 0 radical (unpaired) electrons. The molecule has 0 aromatic rings. The van der Waals surface area contributed by atoms with E-state index in [0.717, 1.165) is 0 Å². The lowest BCUT2D eigenvalue weighted by Crippen LogP contribution is -2.38. The summed E-state index contributed by atoms with van der Waals surface area (Å²) < 4.78 is 9.76. The number of ether oxygens (including phenoxy) is 2. The minimum Gasteiger partial charge on any atom is -0.463 e. The van der Waals surface area contributed by atoms with Crippen LogP contribution in [-0.4, -0.2) is 24.1 Å². The predicted molar refractivity (Wildman–Crippen MR) is 56.2 cm³/mol. The summed E-state index contributed by atoms with van der Waals surface area (Å²) in [6.45, 7) is 10.3. The van der Waals surface area contributed by atoms with Gasteiger partial charge in [0.2, 0.25) is 5.60 Å². The lowest BCUT2D eigenvalue weighted by atomic mass is 10.1. The molecule has 15 heavy (non-hydrogen) atoms. The average molecular weight is 214 g/mol. The van der Waals surface area contributed by atoms with Gasteiger partial charge < -0.3 is 9.47 Å². The second-order valence-electron chi connectivity index (χ2n) is 3.84. The van der Waals surface area contributed by atoms with E-state index in [0.29, 0.717) is 5.57 Å². The van der Waals surface area contributed by atoms with E-state index in [9.17, 15) is 9.59 Å². The summed E-state index contributed by atoms with van der Waals surface area (Å²) in [5.74, 6) is -1.01. The van der Waals surface area contributed by atoms with Crippen molar-refractivity contribution in [1.29, 1.82) is 0 Å². The van der Waals surface area contributed by atoms with Crippen LogP contribution in [0.3, 0.4) is 0 Å². The van der Waals surface area contributed by atoms with Gasteiger partial charge >= 0.3 is 11.9 Å². The fraction of sp³-hybridized carbons (Fsp3) is 0.636. The average Bonchev–Trinajstić information content (AvgIpc) is 2.01. The zero-order valence-electron chi connectivity index (χ0n) is 9.75. The van der Waals surface area contributed by atoms with E-state index in [2.05, 4.69) is 6.58 Å². The van der Waals surface area contributed by atoms with Crippen LogP contribution in [0.25, 0.3) is 0 Å². The van der Waals surface area contributed by atoms with E-state index in [1.807, 2.05) is 0 Å². The molecule has 0 unspecified atom stereocenters. The van der Waals surface area contributed by atoms with Crippen LogP contribution in [0.15, 0.2) is 12.2 Å². The molecule has 4 heteroatoms. The first-order valence-corrected chi connectivity index (χ1v) is 4.83. The maximum Gasteiger partial charge on any atom is 0.349 e. The molecule has 86 valence electrons. The van der Waals surface area contributed by atoms with E-state index >= 15 is 0 Å². The van der Waals surface area contributed by atoms with Gasteiger partial charge in [0.25, 0.3) is 0 Å². The van der Waals surface area contributed by atoms with Crippen molar-refractivity contribution in [3.8, 4) is 0 Å². The van der Waals surface area contributed by atoms with Gasteiger partial charge in [-0.2, -0.15) is 0 Å². The van der Waals surface area contributed by atoms with Gasteiger partial charge in [0.15, 0.2) is 0 Å². The standard InChI is InChI=1S/C11H18O4/c1-6-14-10(13)11(4,5)15-9(12)7-8(2)3/h2,6-7H2,1,3-5H3. The molecule has 0 heterocycles.